The first-order chi connectivity index (χ1) is 19.6. The van der Waals surface area contributed by atoms with Crippen LogP contribution in [-0.4, -0.2) is 9.13 Å². The van der Waals surface area contributed by atoms with Crippen LogP contribution in [0.25, 0.3) is 39.0 Å². The predicted octanol–water partition coefficient (Wildman–Crippen LogP) is 7.23. The molecule has 0 aliphatic rings. The van der Waals surface area contributed by atoms with Gasteiger partial charge in [0.1, 0.15) is 6.07 Å². The zero-order chi connectivity index (χ0) is 27.6. The molecule has 0 N–H and O–H groups in total. The van der Waals surface area contributed by atoms with Crippen LogP contribution in [0.3, 0.4) is 0 Å². The zero-order valence-electron chi connectivity index (χ0n) is 21.9. The molecule has 5 heteroatoms. The fourth-order valence-corrected chi connectivity index (χ4v) is 5.42. The number of aromatic nitrogens is 2. The highest BCUT2D eigenvalue weighted by atomic mass is 16.1. The van der Waals surface area contributed by atoms with Crippen molar-refractivity contribution in [2.45, 2.75) is 13.5 Å². The second-order valence-electron chi connectivity index (χ2n) is 9.67. The van der Waals surface area contributed by atoms with Crippen molar-refractivity contribution < 1.29 is 0 Å². The van der Waals surface area contributed by atoms with Crippen LogP contribution in [0, 0.1) is 29.6 Å². The summed E-state index contributed by atoms with van der Waals surface area (Å²) in [4.78, 5) is 14.6. The molecule has 0 aliphatic heterocycles. The lowest BCUT2D eigenvalue weighted by Crippen LogP contribution is -2.25. The molecular weight excluding hydrogens is 492 g/mol. The Labute approximate surface area is 232 Å². The van der Waals surface area contributed by atoms with E-state index in [-0.39, 0.29) is 12.2 Å². The van der Waals surface area contributed by atoms with Crippen LogP contribution < -0.4 is 5.69 Å². The van der Waals surface area contributed by atoms with Gasteiger partial charge < -0.3 is 0 Å². The highest BCUT2D eigenvalue weighted by Gasteiger charge is 2.26. The zero-order valence-corrected chi connectivity index (χ0v) is 21.9. The molecular formula is C35H24N4O. The van der Waals surface area contributed by atoms with Crippen molar-refractivity contribution in [3.63, 3.8) is 0 Å². The molecule has 1 heterocycles. The molecule has 0 bridgehead atoms. The van der Waals surface area contributed by atoms with Gasteiger partial charge in [-0.15, -0.1) is 0 Å². The van der Waals surface area contributed by atoms with Crippen molar-refractivity contribution in [3.8, 4) is 40.3 Å². The Hall–Kier alpha value is -5.65. The van der Waals surface area contributed by atoms with Gasteiger partial charge in [-0.2, -0.15) is 10.5 Å². The summed E-state index contributed by atoms with van der Waals surface area (Å²) in [6, 6.07) is 41.4. The molecule has 0 fully saturated rings. The standard InChI is InChI=1S/C35H24N4O/c1-24-30-18-9-8-17-29(30)20-32(31(24)22-37)39-34(28-15-6-3-7-16-28)33(27-13-4-2-5-14-27)38(35(39)40)23-26-12-10-11-25(19-26)21-36/h2-20H,23H2,1H3. The maximum absolute atomic E-state index is 14.6. The maximum atomic E-state index is 14.6. The Balaban J connectivity index is 1.76. The van der Waals surface area contributed by atoms with Crippen molar-refractivity contribution in [1.82, 2.24) is 9.13 Å². The predicted molar refractivity (Wildman–Crippen MR) is 158 cm³/mol. The molecule has 40 heavy (non-hydrogen) atoms. The molecule has 6 aromatic rings. The first kappa shape index (κ1) is 24.7. The summed E-state index contributed by atoms with van der Waals surface area (Å²) in [6.07, 6.45) is 0. The Bertz CT molecular complexity index is 2020. The average molecular weight is 517 g/mol. The molecule has 1 aromatic heterocycles. The van der Waals surface area contributed by atoms with E-state index in [2.05, 4.69) is 12.1 Å². The van der Waals surface area contributed by atoms with Crippen molar-refractivity contribution >= 4 is 10.8 Å². The molecule has 0 saturated carbocycles. The average Bonchev–Trinajstić information content (AvgIpc) is 3.29. The van der Waals surface area contributed by atoms with E-state index in [1.54, 1.807) is 15.2 Å². The number of benzene rings is 5. The number of nitrogens with zero attached hydrogens (tertiary/aromatic N) is 4. The largest absolute Gasteiger partial charge is 0.334 e. The number of hydrogen-bond acceptors (Lipinski definition) is 3. The van der Waals surface area contributed by atoms with Crippen molar-refractivity contribution in [2.24, 2.45) is 0 Å². The summed E-state index contributed by atoms with van der Waals surface area (Å²) in [5.74, 6) is 0. The number of hydrogen-bond donors (Lipinski definition) is 0. The van der Waals surface area contributed by atoms with Gasteiger partial charge in [0.2, 0.25) is 0 Å². The van der Waals surface area contributed by atoms with Crippen LogP contribution in [0.5, 0.6) is 0 Å². The Morgan fingerprint density at radius 2 is 1.35 bits per heavy atom. The van der Waals surface area contributed by atoms with Gasteiger partial charge in [-0.05, 0) is 47.0 Å². The van der Waals surface area contributed by atoms with Gasteiger partial charge in [0, 0.05) is 11.1 Å². The first-order valence-corrected chi connectivity index (χ1v) is 13.0. The molecule has 6 rings (SSSR count). The first-order valence-electron chi connectivity index (χ1n) is 13.0. The smallest absolute Gasteiger partial charge is 0.287 e. The summed E-state index contributed by atoms with van der Waals surface area (Å²) in [5, 5.41) is 21.8. The number of nitriles is 2. The Morgan fingerprint density at radius 3 is 2.02 bits per heavy atom. The summed E-state index contributed by atoms with van der Waals surface area (Å²) in [6.45, 7) is 2.19. The summed E-state index contributed by atoms with van der Waals surface area (Å²) in [7, 11) is 0. The molecule has 0 atom stereocenters. The Morgan fingerprint density at radius 1 is 0.700 bits per heavy atom. The van der Waals surface area contributed by atoms with Gasteiger partial charge in [-0.25, -0.2) is 4.79 Å². The fraction of sp³-hybridized carbons (Fsp3) is 0.0571. The molecule has 0 saturated heterocycles. The fourth-order valence-electron chi connectivity index (χ4n) is 5.42. The SMILES string of the molecule is Cc1c(C#N)c(-n2c(-c3ccccc3)c(-c3ccccc3)n(Cc3cccc(C#N)c3)c2=O)cc2ccccc12. The highest BCUT2D eigenvalue weighted by Crippen LogP contribution is 2.36. The van der Waals surface area contributed by atoms with E-state index >= 15 is 0 Å². The molecule has 0 aliphatic carbocycles. The van der Waals surface area contributed by atoms with Gasteiger partial charge in [-0.1, -0.05) is 97.1 Å². The lowest BCUT2D eigenvalue weighted by Gasteiger charge is -2.15. The minimum absolute atomic E-state index is 0.258. The number of aryl methyl sites for hydroxylation is 1. The van der Waals surface area contributed by atoms with Crippen LogP contribution >= 0.6 is 0 Å². The molecule has 0 radical (unpaired) electrons. The Kier molecular flexibility index (Phi) is 6.32. The van der Waals surface area contributed by atoms with E-state index < -0.39 is 0 Å². The highest BCUT2D eigenvalue weighted by molar-refractivity contribution is 5.91. The van der Waals surface area contributed by atoms with Crippen LogP contribution in [-0.2, 0) is 6.54 Å². The molecule has 0 amide bonds. The van der Waals surface area contributed by atoms with E-state index in [0.717, 1.165) is 38.7 Å². The molecule has 190 valence electrons. The van der Waals surface area contributed by atoms with Crippen molar-refractivity contribution in [1.29, 1.82) is 10.5 Å². The van der Waals surface area contributed by atoms with Crippen molar-refractivity contribution in [3.05, 3.63) is 148 Å². The quantitative estimate of drug-likeness (QED) is 0.243. The molecule has 5 aromatic carbocycles. The summed E-state index contributed by atoms with van der Waals surface area (Å²) in [5.41, 5.74) is 6.14. The van der Waals surface area contributed by atoms with E-state index in [0.29, 0.717) is 22.5 Å². The normalized spacial score (nSPS) is 10.8. The minimum Gasteiger partial charge on any atom is -0.287 e. The molecule has 0 unspecified atom stereocenters. The minimum atomic E-state index is -0.258. The van der Waals surface area contributed by atoms with E-state index in [9.17, 15) is 15.3 Å². The third-order valence-electron chi connectivity index (χ3n) is 7.27. The maximum Gasteiger partial charge on any atom is 0.334 e. The number of imidazole rings is 1. The monoisotopic (exact) mass is 516 g/mol. The van der Waals surface area contributed by atoms with E-state index in [4.69, 9.17) is 0 Å². The van der Waals surface area contributed by atoms with Gasteiger partial charge in [-0.3, -0.25) is 9.13 Å². The van der Waals surface area contributed by atoms with Crippen LogP contribution in [0.4, 0.5) is 0 Å². The van der Waals surface area contributed by atoms with Crippen LogP contribution in [0.1, 0.15) is 22.3 Å². The molecule has 5 nitrogen and oxygen atoms in total. The third kappa shape index (κ3) is 4.17. The van der Waals surface area contributed by atoms with Crippen LogP contribution in [0.15, 0.2) is 120 Å². The van der Waals surface area contributed by atoms with Gasteiger partial charge in [0.05, 0.1) is 40.8 Å². The lowest BCUT2D eigenvalue weighted by molar-refractivity contribution is 0.748. The van der Waals surface area contributed by atoms with E-state index in [1.807, 2.05) is 116 Å². The van der Waals surface area contributed by atoms with E-state index in [1.165, 1.54) is 0 Å². The second kappa shape index (κ2) is 10.3. The molecule has 0 spiro atoms. The van der Waals surface area contributed by atoms with Gasteiger partial charge >= 0.3 is 5.69 Å². The van der Waals surface area contributed by atoms with Crippen molar-refractivity contribution in [2.75, 3.05) is 0 Å². The second-order valence-corrected chi connectivity index (χ2v) is 9.67. The number of rotatable bonds is 5. The summed E-state index contributed by atoms with van der Waals surface area (Å²) >= 11 is 0. The van der Waals surface area contributed by atoms with Crippen LogP contribution in [0.2, 0.25) is 0 Å². The van der Waals surface area contributed by atoms with Gasteiger partial charge in [0.25, 0.3) is 0 Å². The number of fused-ring (bicyclic) bond motifs is 1. The third-order valence-corrected chi connectivity index (χ3v) is 7.27. The summed E-state index contributed by atoms with van der Waals surface area (Å²) < 4.78 is 3.43. The topological polar surface area (TPSA) is 74.5 Å². The lowest BCUT2D eigenvalue weighted by atomic mass is 9.98. The van der Waals surface area contributed by atoms with Gasteiger partial charge in [0.15, 0.2) is 0 Å².